The fourth-order valence-electron chi connectivity index (χ4n) is 2.46. The van der Waals surface area contributed by atoms with Gasteiger partial charge in [0.15, 0.2) is 10.8 Å². The fraction of sp³-hybridized carbons (Fsp3) is 0.545. The molecule has 21 heavy (non-hydrogen) atoms. The van der Waals surface area contributed by atoms with Crippen LogP contribution in [0.4, 0.5) is 5.82 Å². The lowest BCUT2D eigenvalue weighted by Gasteiger charge is -2.19. The van der Waals surface area contributed by atoms with Gasteiger partial charge in [0.2, 0.25) is 5.03 Å². The van der Waals surface area contributed by atoms with Crippen molar-refractivity contribution < 1.29 is 13.2 Å². The van der Waals surface area contributed by atoms with Crippen molar-refractivity contribution in [2.45, 2.75) is 24.4 Å². The molecule has 1 aliphatic heterocycles. The van der Waals surface area contributed by atoms with Crippen LogP contribution in [0.15, 0.2) is 16.6 Å². The van der Waals surface area contributed by atoms with Gasteiger partial charge in [0.05, 0.1) is 6.61 Å². The molecule has 3 rings (SSSR count). The topological polar surface area (TPSA) is 111 Å². The Balaban J connectivity index is 1.93. The summed E-state index contributed by atoms with van der Waals surface area (Å²) in [7, 11) is -3.73. The van der Waals surface area contributed by atoms with E-state index in [4.69, 9.17) is 10.6 Å². The van der Waals surface area contributed by atoms with E-state index < -0.39 is 10.0 Å². The highest BCUT2D eigenvalue weighted by Crippen LogP contribution is 2.26. The lowest BCUT2D eigenvalue weighted by atomic mass is 10.0. The molecule has 1 fully saturated rings. The second-order valence-corrected chi connectivity index (χ2v) is 7.50. The molecule has 0 amide bonds. The minimum Gasteiger partial charge on any atom is -0.381 e. The van der Waals surface area contributed by atoms with Gasteiger partial charge >= 0.3 is 0 Å². The third-order valence-electron chi connectivity index (χ3n) is 3.62. The molecule has 0 radical (unpaired) electrons. The van der Waals surface area contributed by atoms with E-state index in [2.05, 4.69) is 15.1 Å². The summed E-state index contributed by atoms with van der Waals surface area (Å²) in [5.41, 5.74) is 2.35. The lowest BCUT2D eigenvalue weighted by molar-refractivity contribution is 0.180. The van der Waals surface area contributed by atoms with Crippen molar-refractivity contribution in [1.29, 1.82) is 0 Å². The number of ether oxygens (including phenoxy) is 1. The molecule has 0 aliphatic carbocycles. The molecule has 1 aliphatic rings. The van der Waals surface area contributed by atoms with Gasteiger partial charge in [0, 0.05) is 30.1 Å². The van der Waals surface area contributed by atoms with Crippen LogP contribution in [0.2, 0.25) is 0 Å². The molecule has 3 heterocycles. The summed E-state index contributed by atoms with van der Waals surface area (Å²) in [6.07, 6.45) is 2.51. The molecular weight excluding hydrogens is 314 g/mol. The predicted octanol–water partition coefficient (Wildman–Crippen LogP) is 0.385. The van der Waals surface area contributed by atoms with E-state index >= 15 is 0 Å². The number of aromatic nitrogens is 2. The fourth-order valence-corrected chi connectivity index (χ4v) is 4.79. The Morgan fingerprint density at radius 3 is 3.10 bits per heavy atom. The molecule has 10 heteroatoms. The van der Waals surface area contributed by atoms with Gasteiger partial charge in [-0.05, 0) is 13.3 Å². The highest BCUT2D eigenvalue weighted by Gasteiger charge is 2.31. The van der Waals surface area contributed by atoms with Crippen molar-refractivity contribution in [2.75, 3.05) is 18.6 Å². The Morgan fingerprint density at radius 1 is 1.62 bits per heavy atom. The molecule has 2 aromatic rings. The minimum absolute atomic E-state index is 0.0343. The minimum atomic E-state index is -3.73. The number of hydrazine groups is 1. The van der Waals surface area contributed by atoms with E-state index in [1.807, 2.05) is 6.92 Å². The Morgan fingerprint density at radius 2 is 2.43 bits per heavy atom. The van der Waals surface area contributed by atoms with Gasteiger partial charge in [-0.2, -0.15) is 4.98 Å². The standard InChI is InChI=1S/C11H17N5O3S2/c1-7(8-2-4-19-6-8)15-21(17,18)10-9(14-12)13-11-16(10)3-5-20-11/h3,5,7-8,14-15H,2,4,6,12H2,1H3. The van der Waals surface area contributed by atoms with E-state index in [0.717, 1.165) is 6.42 Å². The zero-order chi connectivity index (χ0) is 15.0. The maximum Gasteiger partial charge on any atom is 0.260 e. The zero-order valence-corrected chi connectivity index (χ0v) is 13.1. The second-order valence-electron chi connectivity index (χ2n) is 5.00. The summed E-state index contributed by atoms with van der Waals surface area (Å²) < 4.78 is 34.8. The summed E-state index contributed by atoms with van der Waals surface area (Å²) in [5.74, 6) is 5.71. The Hall–Kier alpha value is -1.20. The first-order chi connectivity index (χ1) is 10.0. The van der Waals surface area contributed by atoms with E-state index in [1.165, 1.54) is 15.7 Å². The number of nitrogens with one attached hydrogen (secondary N) is 2. The first kappa shape index (κ1) is 14.7. The van der Waals surface area contributed by atoms with Crippen molar-refractivity contribution in [3.8, 4) is 0 Å². The Bertz CT molecular complexity index is 732. The second kappa shape index (κ2) is 5.54. The van der Waals surface area contributed by atoms with E-state index in [-0.39, 0.29) is 22.8 Å². The number of imidazole rings is 1. The van der Waals surface area contributed by atoms with Gasteiger partial charge in [0.1, 0.15) is 0 Å². The number of nitrogens with two attached hydrogens (primary N) is 1. The predicted molar refractivity (Wildman–Crippen MR) is 79.6 cm³/mol. The van der Waals surface area contributed by atoms with Gasteiger partial charge in [-0.25, -0.2) is 19.0 Å². The molecular formula is C11H17N5O3S2. The summed E-state index contributed by atoms with van der Waals surface area (Å²) in [5, 5.41) is 1.81. The first-order valence-electron chi connectivity index (χ1n) is 6.55. The molecule has 8 nitrogen and oxygen atoms in total. The van der Waals surface area contributed by atoms with Crippen LogP contribution >= 0.6 is 11.3 Å². The van der Waals surface area contributed by atoms with Gasteiger partial charge in [0.25, 0.3) is 10.0 Å². The lowest BCUT2D eigenvalue weighted by Crippen LogP contribution is -2.39. The molecule has 0 aromatic carbocycles. The van der Waals surface area contributed by atoms with Crippen LogP contribution in [0.3, 0.4) is 0 Å². The molecule has 0 bridgehead atoms. The summed E-state index contributed by atoms with van der Waals surface area (Å²) in [6, 6.07) is -0.215. The summed E-state index contributed by atoms with van der Waals surface area (Å²) in [6.45, 7) is 3.10. The maximum atomic E-state index is 12.6. The molecule has 4 N–H and O–H groups in total. The van der Waals surface area contributed by atoms with Crippen molar-refractivity contribution in [3.05, 3.63) is 11.6 Å². The van der Waals surface area contributed by atoms with Crippen LogP contribution in [0.5, 0.6) is 0 Å². The number of fused-ring (bicyclic) bond motifs is 1. The molecule has 116 valence electrons. The number of thiazole rings is 1. The van der Waals surface area contributed by atoms with E-state index in [1.54, 1.807) is 11.6 Å². The van der Waals surface area contributed by atoms with Crippen LogP contribution in [0.25, 0.3) is 4.96 Å². The van der Waals surface area contributed by atoms with Gasteiger partial charge < -0.3 is 10.2 Å². The largest absolute Gasteiger partial charge is 0.381 e. The van der Waals surface area contributed by atoms with Gasteiger partial charge in [-0.1, -0.05) is 0 Å². The van der Waals surface area contributed by atoms with Gasteiger partial charge in [-0.3, -0.25) is 4.40 Å². The van der Waals surface area contributed by atoms with Crippen LogP contribution in [-0.2, 0) is 14.8 Å². The van der Waals surface area contributed by atoms with Crippen molar-refractivity contribution in [1.82, 2.24) is 14.1 Å². The molecule has 0 saturated carbocycles. The van der Waals surface area contributed by atoms with Crippen LogP contribution in [-0.4, -0.2) is 37.1 Å². The smallest absolute Gasteiger partial charge is 0.260 e. The number of sulfonamides is 1. The van der Waals surface area contributed by atoms with E-state index in [0.29, 0.717) is 18.2 Å². The number of hydrogen-bond acceptors (Lipinski definition) is 7. The van der Waals surface area contributed by atoms with Crippen molar-refractivity contribution >= 4 is 32.1 Å². The highest BCUT2D eigenvalue weighted by molar-refractivity contribution is 7.89. The monoisotopic (exact) mass is 331 g/mol. The first-order valence-corrected chi connectivity index (χ1v) is 8.91. The third kappa shape index (κ3) is 2.64. The molecule has 2 unspecified atom stereocenters. The highest BCUT2D eigenvalue weighted by atomic mass is 32.2. The van der Waals surface area contributed by atoms with Crippen LogP contribution < -0.4 is 16.0 Å². The van der Waals surface area contributed by atoms with Crippen LogP contribution in [0.1, 0.15) is 13.3 Å². The Kier molecular flexibility index (Phi) is 3.88. The Labute approximate surface area is 126 Å². The molecule has 1 saturated heterocycles. The quantitative estimate of drug-likeness (QED) is 0.540. The van der Waals surface area contributed by atoms with E-state index in [9.17, 15) is 8.42 Å². The maximum absolute atomic E-state index is 12.6. The summed E-state index contributed by atoms with van der Waals surface area (Å²) in [4.78, 5) is 4.73. The summed E-state index contributed by atoms with van der Waals surface area (Å²) >= 11 is 1.34. The van der Waals surface area contributed by atoms with Crippen LogP contribution in [0, 0.1) is 5.92 Å². The average molecular weight is 331 g/mol. The molecule has 2 aromatic heterocycles. The van der Waals surface area contributed by atoms with Crippen molar-refractivity contribution in [2.24, 2.45) is 11.8 Å². The molecule has 2 atom stereocenters. The number of nitrogen functional groups attached to an aromatic ring is 1. The number of nitrogens with zero attached hydrogens (tertiary/aromatic N) is 2. The average Bonchev–Trinajstić information content (AvgIpc) is 3.13. The van der Waals surface area contributed by atoms with Crippen molar-refractivity contribution in [3.63, 3.8) is 0 Å². The third-order valence-corrected chi connectivity index (χ3v) is 5.96. The normalized spacial score (nSPS) is 21.0. The number of hydrogen-bond donors (Lipinski definition) is 3. The number of rotatable bonds is 5. The molecule has 0 spiro atoms. The van der Waals surface area contributed by atoms with Gasteiger partial charge in [-0.15, -0.1) is 11.3 Å². The number of anilines is 1. The zero-order valence-electron chi connectivity index (χ0n) is 11.4. The SMILES string of the molecule is CC(NS(=O)(=O)c1c(NN)nc2sccn12)C1CCOC1.